The van der Waals surface area contributed by atoms with Gasteiger partial charge >= 0.3 is 11.9 Å². The number of esters is 1. The first-order chi connectivity index (χ1) is 17.6. The van der Waals surface area contributed by atoms with Crippen LogP contribution in [0.2, 0.25) is 0 Å². The molecule has 0 saturated heterocycles. The average Bonchev–Trinajstić information content (AvgIpc) is 2.70. The van der Waals surface area contributed by atoms with Crippen molar-refractivity contribution in [2.75, 3.05) is 68.6 Å². The van der Waals surface area contributed by atoms with Gasteiger partial charge in [-0.1, -0.05) is 13.8 Å². The number of hydrogen-bond donors (Lipinski definition) is 1. The summed E-state index contributed by atoms with van der Waals surface area (Å²) in [6.45, 7) is 3.89. The molecule has 0 rings (SSSR count). The van der Waals surface area contributed by atoms with E-state index in [0.29, 0.717) is 21.8 Å². The molecule has 0 saturated carbocycles. The van der Waals surface area contributed by atoms with Crippen LogP contribution in [0.5, 0.6) is 0 Å². The first-order valence-electron chi connectivity index (χ1n) is 12.0. The van der Waals surface area contributed by atoms with Gasteiger partial charge in [0, 0.05) is 5.41 Å². The molecule has 0 radical (unpaired) electrons. The number of carbonyl (C=O) groups is 2. The van der Waals surface area contributed by atoms with Crippen LogP contribution < -0.4 is 0 Å². The molecule has 0 aromatic heterocycles. The van der Waals surface area contributed by atoms with Crippen molar-refractivity contribution in [3.8, 4) is 0 Å². The fraction of sp³-hybridized carbons (Fsp3) is 0.905. The van der Waals surface area contributed by atoms with Gasteiger partial charge in [0.2, 0.25) is 0 Å². The summed E-state index contributed by atoms with van der Waals surface area (Å²) in [6.07, 6.45) is -1.46. The summed E-state index contributed by atoms with van der Waals surface area (Å²) in [4.78, 5) is 66.7. The van der Waals surface area contributed by atoms with Crippen molar-refractivity contribution in [1.82, 2.24) is 0 Å². The second-order valence-electron chi connectivity index (χ2n) is 11.0. The van der Waals surface area contributed by atoms with Crippen molar-refractivity contribution >= 4 is 11.9 Å². The number of aliphatic carboxylic acids is 1. The first kappa shape index (κ1) is 37.6. The second kappa shape index (κ2) is 17.1. The molecule has 39 heavy (non-hydrogen) atoms. The zero-order valence-corrected chi connectivity index (χ0v) is 23.9. The first-order valence-corrected chi connectivity index (χ1v) is 12.0. The minimum absolute atomic E-state index is 0.0672. The molecule has 1 N–H and O–H groups in total. The molecule has 2 atom stereocenters. The second-order valence-corrected chi connectivity index (χ2v) is 11.0. The van der Waals surface area contributed by atoms with Crippen molar-refractivity contribution in [2.45, 2.75) is 51.7 Å². The molecule has 0 bridgehead atoms. The lowest BCUT2D eigenvalue weighted by Gasteiger charge is -2.30. The summed E-state index contributed by atoms with van der Waals surface area (Å²) in [7, 11) is 10.9. The molecule has 0 aliphatic heterocycles. The Kier molecular flexibility index (Phi) is 16.5. The lowest BCUT2D eigenvalue weighted by molar-refractivity contribution is -0.885. The summed E-state index contributed by atoms with van der Waals surface area (Å²) in [6, 6.07) is 0. The van der Waals surface area contributed by atoms with E-state index in [1.165, 1.54) is 0 Å². The summed E-state index contributed by atoms with van der Waals surface area (Å²) < 4.78 is 5.98. The van der Waals surface area contributed by atoms with Crippen LogP contribution in [-0.2, 0) is 28.8 Å². The number of likely N-dealkylation sites (N-methyl/N-ethyl adjacent to an activating group) is 2. The molecule has 228 valence electrons. The summed E-state index contributed by atoms with van der Waals surface area (Å²) in [5, 5.41) is 36.7. The number of nitrogens with zero attached hydrogens (tertiary/aromatic N) is 5. The Morgan fingerprint density at radius 1 is 0.769 bits per heavy atom. The predicted molar refractivity (Wildman–Crippen MR) is 133 cm³/mol. The molecule has 0 spiro atoms. The highest BCUT2D eigenvalue weighted by atomic mass is 17.0. The molecule has 0 fully saturated rings. The van der Waals surface area contributed by atoms with Crippen LogP contribution in [0, 0.1) is 35.8 Å². The van der Waals surface area contributed by atoms with E-state index >= 15 is 0 Å². The minimum Gasteiger partial charge on any atom is -0.481 e. The highest BCUT2D eigenvalue weighted by Gasteiger charge is 2.31. The minimum atomic E-state index is -1.11. The van der Waals surface area contributed by atoms with E-state index in [1.807, 2.05) is 35.0 Å². The summed E-state index contributed by atoms with van der Waals surface area (Å²) in [5.41, 5.74) is -0.678. The monoisotopic (exact) mass is 573 g/mol. The smallest absolute Gasteiger partial charge is 0.308 e. The van der Waals surface area contributed by atoms with Crippen LogP contribution in [0.3, 0.4) is 0 Å². The average molecular weight is 574 g/mol. The van der Waals surface area contributed by atoms with Gasteiger partial charge in [0.05, 0.1) is 61.7 Å². The van der Waals surface area contributed by atoms with Crippen molar-refractivity contribution in [3.05, 3.63) is 30.3 Å². The van der Waals surface area contributed by atoms with E-state index in [-0.39, 0.29) is 39.1 Å². The van der Waals surface area contributed by atoms with Crippen molar-refractivity contribution in [3.63, 3.8) is 0 Å². The van der Waals surface area contributed by atoms with E-state index in [2.05, 4.69) is 14.5 Å². The van der Waals surface area contributed by atoms with Gasteiger partial charge in [-0.3, -0.25) is 9.59 Å². The lowest BCUT2D eigenvalue weighted by Crippen LogP contribution is -2.44. The van der Waals surface area contributed by atoms with Gasteiger partial charge in [-0.2, -0.15) is 0 Å². The van der Waals surface area contributed by atoms with Crippen LogP contribution in [0.15, 0.2) is 0 Å². The Balaban J connectivity index is 0. The normalized spacial score (nSPS) is 13.1. The maximum atomic E-state index is 12.0. The Morgan fingerprint density at radius 3 is 1.49 bits per heavy atom. The zero-order valence-electron chi connectivity index (χ0n) is 23.9. The van der Waals surface area contributed by atoms with Crippen LogP contribution in [-0.4, -0.2) is 122 Å². The third-order valence-corrected chi connectivity index (χ3v) is 5.29. The van der Waals surface area contributed by atoms with Gasteiger partial charge in [0.1, 0.15) is 19.7 Å². The lowest BCUT2D eigenvalue weighted by atomic mass is 9.84. The van der Waals surface area contributed by atoms with E-state index < -0.39 is 44.8 Å². The Bertz CT molecular complexity index is 791. The van der Waals surface area contributed by atoms with Gasteiger partial charge in [-0.25, -0.2) is 0 Å². The van der Waals surface area contributed by atoms with E-state index in [0.717, 1.165) is 0 Å². The Morgan fingerprint density at radius 2 is 1.18 bits per heavy atom. The quantitative estimate of drug-likeness (QED) is 0.0985. The van der Waals surface area contributed by atoms with Gasteiger partial charge in [0.25, 0.3) is 15.3 Å². The number of carboxylic acids is 1. The molecule has 18 nitrogen and oxygen atoms in total. The molecule has 0 aromatic carbocycles. The highest BCUT2D eigenvalue weighted by Crippen LogP contribution is 2.27. The molecular formula is C21H43N5O13+2. The number of carboxylic acid groups (broad SMARTS) is 1. The van der Waals surface area contributed by atoms with Gasteiger partial charge < -0.3 is 33.3 Å². The van der Waals surface area contributed by atoms with E-state index in [9.17, 15) is 39.9 Å². The fourth-order valence-electron chi connectivity index (χ4n) is 3.30. The molecule has 0 aliphatic carbocycles. The zero-order chi connectivity index (χ0) is 31.0. The maximum Gasteiger partial charge on any atom is 0.308 e. The SMILES string of the molecule is CCC(CC)(COC(=O)CC(C[N+](C)(C)C)O[N+](=O)[O-])CO[N+](=O)[O-].C[N+](C)(C)CC(CC(=O)O)O[N+](=O)[O-]. The molecular weight excluding hydrogens is 530 g/mol. The largest absolute Gasteiger partial charge is 0.481 e. The topological polar surface area (TPSA) is 221 Å². The van der Waals surface area contributed by atoms with Gasteiger partial charge in [-0.15, -0.1) is 30.3 Å². The third kappa shape index (κ3) is 22.2. The summed E-state index contributed by atoms with van der Waals surface area (Å²) in [5.74, 6) is -1.77. The summed E-state index contributed by atoms with van der Waals surface area (Å²) >= 11 is 0. The van der Waals surface area contributed by atoms with Crippen LogP contribution in [0.25, 0.3) is 0 Å². The van der Waals surface area contributed by atoms with Gasteiger partial charge in [-0.05, 0) is 12.8 Å². The predicted octanol–water partition coefficient (Wildman–Crippen LogP) is 0.962. The number of ether oxygens (including phenoxy) is 1. The molecule has 2 unspecified atom stereocenters. The van der Waals surface area contributed by atoms with Crippen LogP contribution in [0.1, 0.15) is 39.5 Å². The number of carbonyl (C=O) groups excluding carboxylic acids is 1. The Hall–Kier alpha value is -3.54. The Labute approximate surface area is 226 Å². The molecule has 0 heterocycles. The van der Waals surface area contributed by atoms with Crippen LogP contribution in [0.4, 0.5) is 0 Å². The third-order valence-electron chi connectivity index (χ3n) is 5.29. The molecule has 0 aromatic rings. The number of quaternary nitrogens is 2. The fourth-order valence-corrected chi connectivity index (χ4v) is 3.30. The van der Waals surface area contributed by atoms with Crippen LogP contribution >= 0.6 is 0 Å². The van der Waals surface area contributed by atoms with Crippen molar-refractivity contribution in [2.24, 2.45) is 5.41 Å². The van der Waals surface area contributed by atoms with Crippen molar-refractivity contribution in [1.29, 1.82) is 0 Å². The van der Waals surface area contributed by atoms with E-state index in [4.69, 9.17) is 9.84 Å². The maximum absolute atomic E-state index is 12.0. The van der Waals surface area contributed by atoms with E-state index in [1.54, 1.807) is 21.1 Å². The van der Waals surface area contributed by atoms with Crippen molar-refractivity contribution < 1.29 is 58.2 Å². The number of hydrogen-bond acceptors (Lipinski definition) is 12. The highest BCUT2D eigenvalue weighted by molar-refractivity contribution is 5.70. The molecule has 0 aliphatic rings. The standard InChI is InChI=1S/C14H28N3O8.C7H14N2O5/c1-6-14(7-2,11-24-15(19)20)10-23-13(18)8-12(25-16(21)22)9-17(3,4)5;1-9(2,3)5-6(4-7(10)11)14-8(12)13/h12H,6-11H2,1-5H3;6H,4-5H2,1-3H3/q+1;/p+1. The molecule has 0 amide bonds. The molecule has 18 heteroatoms. The number of rotatable bonds is 19. The van der Waals surface area contributed by atoms with Gasteiger partial charge in [0.15, 0.2) is 12.2 Å².